The SMILES string of the molecule is N#Cc1ccc2c(c1)c1ccccc1n2C1=CC(C#N)CC(n2c3ccccc3c3ccncc32)=C1. The Morgan fingerprint density at radius 1 is 0.750 bits per heavy atom. The van der Waals surface area contributed by atoms with Crippen molar-refractivity contribution >= 4 is 55.0 Å². The highest BCUT2D eigenvalue weighted by atomic mass is 15.0. The van der Waals surface area contributed by atoms with E-state index >= 15 is 0 Å². The van der Waals surface area contributed by atoms with Gasteiger partial charge < -0.3 is 9.13 Å². The fourth-order valence-corrected chi connectivity index (χ4v) is 5.59. The highest BCUT2D eigenvalue weighted by Gasteiger charge is 2.23. The van der Waals surface area contributed by atoms with Crippen LogP contribution in [-0.4, -0.2) is 14.1 Å². The lowest BCUT2D eigenvalue weighted by Gasteiger charge is -2.21. The van der Waals surface area contributed by atoms with Crippen molar-refractivity contribution in [2.24, 2.45) is 5.92 Å². The quantitative estimate of drug-likeness (QED) is 0.276. The number of hydrogen-bond acceptors (Lipinski definition) is 3. The maximum Gasteiger partial charge on any atom is 0.0991 e. The second-order valence-corrected chi connectivity index (χ2v) is 9.11. The molecule has 3 aromatic heterocycles. The number of allylic oxidation sites excluding steroid dienone is 4. The highest BCUT2D eigenvalue weighted by Crippen LogP contribution is 2.39. The summed E-state index contributed by atoms with van der Waals surface area (Å²) in [5.41, 5.74) is 6.83. The molecule has 0 saturated carbocycles. The Morgan fingerprint density at radius 2 is 1.44 bits per heavy atom. The van der Waals surface area contributed by atoms with Gasteiger partial charge in [0.25, 0.3) is 0 Å². The van der Waals surface area contributed by atoms with Crippen molar-refractivity contribution in [2.75, 3.05) is 0 Å². The average molecular weight is 462 g/mol. The Kier molecular flexibility index (Phi) is 4.33. The molecule has 0 fully saturated rings. The lowest BCUT2D eigenvalue weighted by molar-refractivity contribution is 0.818. The van der Waals surface area contributed by atoms with Crippen molar-refractivity contribution in [3.05, 3.63) is 103 Å². The maximum atomic E-state index is 10.1. The van der Waals surface area contributed by atoms with Crippen LogP contribution in [0.25, 0.3) is 55.0 Å². The maximum absolute atomic E-state index is 10.1. The Bertz CT molecular complexity index is 1950. The van der Waals surface area contributed by atoms with Crippen molar-refractivity contribution in [3.8, 4) is 12.1 Å². The van der Waals surface area contributed by atoms with E-state index in [-0.39, 0.29) is 5.92 Å². The second-order valence-electron chi connectivity index (χ2n) is 9.11. The van der Waals surface area contributed by atoms with E-state index in [4.69, 9.17) is 0 Å². The number of para-hydroxylation sites is 2. The van der Waals surface area contributed by atoms with Crippen molar-refractivity contribution in [3.63, 3.8) is 0 Å². The van der Waals surface area contributed by atoms with Crippen LogP contribution in [0.1, 0.15) is 12.0 Å². The van der Waals surface area contributed by atoms with Gasteiger partial charge >= 0.3 is 0 Å². The minimum absolute atomic E-state index is 0.275. The number of fused-ring (bicyclic) bond motifs is 6. The van der Waals surface area contributed by atoms with Gasteiger partial charge in [-0.15, -0.1) is 0 Å². The third kappa shape index (κ3) is 2.84. The van der Waals surface area contributed by atoms with Crippen molar-refractivity contribution in [1.82, 2.24) is 14.1 Å². The van der Waals surface area contributed by atoms with Crippen LogP contribution in [0, 0.1) is 28.6 Å². The fraction of sp³-hybridized carbons (Fsp3) is 0.0645. The molecule has 0 amide bonds. The number of hydrogen-bond donors (Lipinski definition) is 0. The summed E-state index contributed by atoms with van der Waals surface area (Å²) in [5, 5.41) is 24.0. The van der Waals surface area contributed by atoms with Crippen molar-refractivity contribution < 1.29 is 0 Å². The zero-order valence-electron chi connectivity index (χ0n) is 19.3. The van der Waals surface area contributed by atoms with Crippen LogP contribution in [0.2, 0.25) is 0 Å². The lowest BCUT2D eigenvalue weighted by atomic mass is 9.97. The predicted octanol–water partition coefficient (Wildman–Crippen LogP) is 7.09. The van der Waals surface area contributed by atoms with E-state index in [2.05, 4.69) is 74.8 Å². The normalized spacial score (nSPS) is 15.7. The van der Waals surface area contributed by atoms with Crippen LogP contribution in [0.4, 0.5) is 0 Å². The second kappa shape index (κ2) is 7.70. The molecule has 3 heterocycles. The first-order valence-electron chi connectivity index (χ1n) is 11.9. The first-order chi connectivity index (χ1) is 17.8. The summed E-state index contributed by atoms with van der Waals surface area (Å²) in [5.74, 6) is -0.275. The van der Waals surface area contributed by atoms with Gasteiger partial charge in [0.15, 0.2) is 0 Å². The summed E-state index contributed by atoms with van der Waals surface area (Å²) in [6.45, 7) is 0. The zero-order chi connectivity index (χ0) is 24.2. The minimum atomic E-state index is -0.275. The number of nitriles is 2. The van der Waals surface area contributed by atoms with Crippen LogP contribution in [-0.2, 0) is 0 Å². The number of aromatic nitrogens is 3. The molecular formula is C31H19N5. The Labute approximate surface area is 207 Å². The Balaban J connectivity index is 1.53. The molecule has 0 saturated heterocycles. The third-order valence-corrected chi connectivity index (χ3v) is 7.10. The molecule has 5 nitrogen and oxygen atoms in total. The zero-order valence-corrected chi connectivity index (χ0v) is 19.3. The first-order valence-corrected chi connectivity index (χ1v) is 11.9. The number of benzene rings is 3. The van der Waals surface area contributed by atoms with Gasteiger partial charge in [-0.25, -0.2) is 0 Å². The number of pyridine rings is 1. The van der Waals surface area contributed by atoms with Gasteiger partial charge in [0.05, 0.1) is 51.9 Å². The van der Waals surface area contributed by atoms with E-state index < -0.39 is 0 Å². The van der Waals surface area contributed by atoms with Crippen LogP contribution >= 0.6 is 0 Å². The van der Waals surface area contributed by atoms with E-state index in [0.717, 1.165) is 49.6 Å². The summed E-state index contributed by atoms with van der Waals surface area (Å²) < 4.78 is 4.46. The van der Waals surface area contributed by atoms with E-state index in [1.165, 1.54) is 5.39 Å². The molecule has 36 heavy (non-hydrogen) atoms. The van der Waals surface area contributed by atoms with Gasteiger partial charge in [-0.05, 0) is 48.6 Å². The average Bonchev–Trinajstić information content (AvgIpc) is 3.45. The van der Waals surface area contributed by atoms with Gasteiger partial charge in [0.2, 0.25) is 0 Å². The number of nitrogens with zero attached hydrogens (tertiary/aromatic N) is 5. The molecule has 0 bridgehead atoms. The molecule has 6 aromatic rings. The molecule has 0 spiro atoms. The van der Waals surface area contributed by atoms with Gasteiger partial charge in [-0.1, -0.05) is 36.4 Å². The largest absolute Gasteiger partial charge is 0.311 e. The monoisotopic (exact) mass is 461 g/mol. The molecule has 168 valence electrons. The molecule has 5 heteroatoms. The van der Waals surface area contributed by atoms with Gasteiger partial charge in [0, 0.05) is 45.6 Å². The highest BCUT2D eigenvalue weighted by molar-refractivity contribution is 6.12. The van der Waals surface area contributed by atoms with Crippen molar-refractivity contribution in [2.45, 2.75) is 6.42 Å². The van der Waals surface area contributed by atoms with Crippen molar-refractivity contribution in [1.29, 1.82) is 10.5 Å². The van der Waals surface area contributed by atoms with Crippen LogP contribution < -0.4 is 0 Å². The first kappa shape index (κ1) is 20.3. The lowest BCUT2D eigenvalue weighted by Crippen LogP contribution is -2.10. The molecular weight excluding hydrogens is 442 g/mol. The standard InChI is InChI=1S/C31H19N5/c32-17-20-9-10-30-27(15-20)25-6-2-4-8-29(25)35(30)22-13-21(18-33)14-23(16-22)36-28-7-3-1-5-24(28)26-11-12-34-19-31(26)36/h1-13,15-16,19,21H,14H2. The summed E-state index contributed by atoms with van der Waals surface area (Å²) >= 11 is 0. The predicted molar refractivity (Wildman–Crippen MR) is 144 cm³/mol. The fourth-order valence-electron chi connectivity index (χ4n) is 5.59. The molecule has 0 aliphatic heterocycles. The molecule has 0 N–H and O–H groups in total. The van der Waals surface area contributed by atoms with E-state index in [0.29, 0.717) is 12.0 Å². The number of rotatable bonds is 2. The summed E-state index contributed by atoms with van der Waals surface area (Å²) in [4.78, 5) is 4.41. The molecule has 1 atom stereocenters. The van der Waals surface area contributed by atoms with Crippen LogP contribution in [0.3, 0.4) is 0 Å². The smallest absolute Gasteiger partial charge is 0.0991 e. The summed E-state index contributed by atoms with van der Waals surface area (Å²) in [6.07, 6.45) is 8.58. The Morgan fingerprint density at radius 3 is 2.22 bits per heavy atom. The molecule has 3 aromatic carbocycles. The minimum Gasteiger partial charge on any atom is -0.311 e. The third-order valence-electron chi connectivity index (χ3n) is 7.10. The van der Waals surface area contributed by atoms with Gasteiger partial charge in [-0.2, -0.15) is 10.5 Å². The van der Waals surface area contributed by atoms with E-state index in [1.54, 1.807) is 0 Å². The molecule has 1 aliphatic carbocycles. The van der Waals surface area contributed by atoms with Gasteiger partial charge in [0.1, 0.15) is 0 Å². The van der Waals surface area contributed by atoms with Gasteiger partial charge in [-0.3, -0.25) is 4.98 Å². The summed E-state index contributed by atoms with van der Waals surface area (Å²) in [6, 6.07) is 29.2. The molecule has 1 unspecified atom stereocenters. The van der Waals surface area contributed by atoms with Crippen LogP contribution in [0.5, 0.6) is 0 Å². The molecule has 7 rings (SSSR count). The van der Waals surface area contributed by atoms with E-state index in [1.807, 2.05) is 48.8 Å². The topological polar surface area (TPSA) is 70.3 Å². The van der Waals surface area contributed by atoms with Crippen LogP contribution in [0.15, 0.2) is 97.3 Å². The van der Waals surface area contributed by atoms with E-state index in [9.17, 15) is 10.5 Å². The Hall–Kier alpha value is -5.13. The molecule has 0 radical (unpaired) electrons. The molecule has 1 aliphatic rings. The summed E-state index contributed by atoms with van der Waals surface area (Å²) in [7, 11) is 0.